The zero-order chi connectivity index (χ0) is 15.8. The second-order valence-corrected chi connectivity index (χ2v) is 5.06. The summed E-state index contributed by atoms with van der Waals surface area (Å²) in [6, 6.07) is 6.37. The average Bonchev–Trinajstić information content (AvgIpc) is 2.46. The number of carbonyl (C=O) groups is 2. The average molecular weight is 292 g/mol. The fraction of sp³-hybridized carbons (Fsp3) is 0.500. The zero-order valence-corrected chi connectivity index (χ0v) is 12.9. The minimum atomic E-state index is -0.989. The minimum absolute atomic E-state index is 0.371. The van der Waals surface area contributed by atoms with E-state index >= 15 is 0 Å². The Morgan fingerprint density at radius 2 is 1.86 bits per heavy atom. The lowest BCUT2D eigenvalue weighted by Gasteiger charge is -2.24. The van der Waals surface area contributed by atoms with E-state index in [1.165, 1.54) is 0 Å². The molecule has 0 aliphatic carbocycles. The number of benzene rings is 1. The number of amides is 2. The molecule has 0 fully saturated rings. The van der Waals surface area contributed by atoms with E-state index < -0.39 is 12.0 Å². The van der Waals surface area contributed by atoms with Crippen molar-refractivity contribution >= 4 is 17.7 Å². The molecule has 2 N–H and O–H groups in total. The molecule has 0 spiro atoms. The molecule has 0 saturated heterocycles. The van der Waals surface area contributed by atoms with Crippen LogP contribution in [-0.4, -0.2) is 29.7 Å². The van der Waals surface area contributed by atoms with E-state index in [0.717, 1.165) is 24.1 Å². The van der Waals surface area contributed by atoms with E-state index in [1.807, 2.05) is 45.0 Å². The topological polar surface area (TPSA) is 69.6 Å². The first-order valence-corrected chi connectivity index (χ1v) is 7.37. The summed E-state index contributed by atoms with van der Waals surface area (Å²) in [6.45, 7) is 6.31. The van der Waals surface area contributed by atoms with Crippen LogP contribution in [0.5, 0.6) is 0 Å². The van der Waals surface area contributed by atoms with E-state index in [9.17, 15) is 14.7 Å². The van der Waals surface area contributed by atoms with Gasteiger partial charge in [-0.05, 0) is 32.4 Å². The molecule has 0 radical (unpaired) electrons. The number of aliphatic carboxylic acids is 1. The lowest BCUT2D eigenvalue weighted by molar-refractivity contribution is -0.139. The Labute approximate surface area is 126 Å². The Balaban J connectivity index is 2.77. The van der Waals surface area contributed by atoms with Gasteiger partial charge in [0.15, 0.2) is 0 Å². The van der Waals surface area contributed by atoms with Crippen LogP contribution in [0.15, 0.2) is 24.3 Å². The van der Waals surface area contributed by atoms with Crippen molar-refractivity contribution in [3.63, 3.8) is 0 Å². The van der Waals surface area contributed by atoms with Crippen LogP contribution in [0.25, 0.3) is 0 Å². The largest absolute Gasteiger partial charge is 0.480 e. The molecule has 1 atom stereocenters. The molecule has 5 heteroatoms. The molecule has 2 amide bonds. The van der Waals surface area contributed by atoms with Crippen LogP contribution in [0.4, 0.5) is 10.5 Å². The maximum Gasteiger partial charge on any atom is 0.326 e. The number of rotatable bonds is 7. The molecule has 1 unspecified atom stereocenters. The van der Waals surface area contributed by atoms with E-state index in [4.69, 9.17) is 0 Å². The fourth-order valence-electron chi connectivity index (χ4n) is 2.06. The number of carbonyl (C=O) groups excluding carboxylic acids is 1. The predicted octanol–water partition coefficient (Wildman–Crippen LogP) is 3.17. The Kier molecular flexibility index (Phi) is 6.72. The van der Waals surface area contributed by atoms with Gasteiger partial charge in [-0.1, -0.05) is 37.5 Å². The molecule has 21 heavy (non-hydrogen) atoms. The van der Waals surface area contributed by atoms with E-state index in [1.54, 1.807) is 4.90 Å². The summed E-state index contributed by atoms with van der Waals surface area (Å²) in [4.78, 5) is 25.0. The Morgan fingerprint density at radius 3 is 2.33 bits per heavy atom. The highest BCUT2D eigenvalue weighted by Gasteiger charge is 2.22. The van der Waals surface area contributed by atoms with Crippen LogP contribution in [0.2, 0.25) is 0 Å². The van der Waals surface area contributed by atoms with Crippen LogP contribution in [0.3, 0.4) is 0 Å². The van der Waals surface area contributed by atoms with Gasteiger partial charge < -0.3 is 10.4 Å². The van der Waals surface area contributed by atoms with Gasteiger partial charge >= 0.3 is 12.0 Å². The van der Waals surface area contributed by atoms with Crippen LogP contribution in [-0.2, 0) is 4.79 Å². The standard InChI is InChI=1S/C16H24N2O3/c1-4-6-7-14(15(19)20)17-16(21)18(5-2)13-10-8-12(3)9-11-13/h8-11,14H,4-7H2,1-3H3,(H,17,21)(H,19,20). The normalized spacial score (nSPS) is 11.8. The van der Waals surface area contributed by atoms with Crippen LogP contribution in [0.1, 0.15) is 38.7 Å². The van der Waals surface area contributed by atoms with E-state index in [-0.39, 0.29) is 6.03 Å². The van der Waals surface area contributed by atoms with Crippen LogP contribution >= 0.6 is 0 Å². The smallest absolute Gasteiger partial charge is 0.326 e. The number of nitrogens with one attached hydrogen (secondary N) is 1. The minimum Gasteiger partial charge on any atom is -0.480 e. The fourth-order valence-corrected chi connectivity index (χ4v) is 2.06. The molecule has 5 nitrogen and oxygen atoms in total. The lowest BCUT2D eigenvalue weighted by Crippen LogP contribution is -2.48. The number of anilines is 1. The molecule has 1 aromatic carbocycles. The number of carboxylic acids is 1. The van der Waals surface area contributed by atoms with Gasteiger partial charge in [0.25, 0.3) is 0 Å². The number of aryl methyl sites for hydroxylation is 1. The van der Waals surface area contributed by atoms with Gasteiger partial charge in [-0.2, -0.15) is 0 Å². The number of urea groups is 1. The van der Waals surface area contributed by atoms with Crippen molar-refractivity contribution < 1.29 is 14.7 Å². The molecule has 0 aromatic heterocycles. The second-order valence-electron chi connectivity index (χ2n) is 5.06. The summed E-state index contributed by atoms with van der Waals surface area (Å²) < 4.78 is 0. The van der Waals surface area contributed by atoms with Gasteiger partial charge in [0, 0.05) is 12.2 Å². The summed E-state index contributed by atoms with van der Waals surface area (Å²) in [6.07, 6.45) is 2.12. The van der Waals surface area contributed by atoms with Crippen LogP contribution < -0.4 is 10.2 Å². The first-order valence-electron chi connectivity index (χ1n) is 7.37. The highest BCUT2D eigenvalue weighted by Crippen LogP contribution is 2.15. The summed E-state index contributed by atoms with van der Waals surface area (Å²) in [7, 11) is 0. The Bertz CT molecular complexity index is 471. The van der Waals surface area contributed by atoms with Crippen LogP contribution in [0, 0.1) is 6.92 Å². The Morgan fingerprint density at radius 1 is 1.24 bits per heavy atom. The van der Waals surface area contributed by atoms with E-state index in [2.05, 4.69) is 5.32 Å². The number of unbranched alkanes of at least 4 members (excludes halogenated alkanes) is 1. The number of hydrogen-bond acceptors (Lipinski definition) is 2. The van der Waals surface area contributed by atoms with Crippen molar-refractivity contribution in [2.45, 2.75) is 46.1 Å². The summed E-state index contributed by atoms with van der Waals surface area (Å²) in [5.41, 5.74) is 1.88. The molecule has 1 aromatic rings. The molecule has 0 aliphatic heterocycles. The number of carboxylic acid groups (broad SMARTS) is 1. The number of nitrogens with zero attached hydrogens (tertiary/aromatic N) is 1. The molecule has 116 valence electrons. The first kappa shape index (κ1) is 17.0. The third-order valence-electron chi connectivity index (χ3n) is 3.35. The van der Waals surface area contributed by atoms with Crippen molar-refractivity contribution in [2.75, 3.05) is 11.4 Å². The lowest BCUT2D eigenvalue weighted by atomic mass is 10.1. The molecule has 0 aliphatic rings. The molecule has 0 heterocycles. The Hall–Kier alpha value is -2.04. The number of hydrogen-bond donors (Lipinski definition) is 2. The van der Waals surface area contributed by atoms with Crippen molar-refractivity contribution in [1.82, 2.24) is 5.32 Å². The van der Waals surface area contributed by atoms with Gasteiger partial charge in [0.05, 0.1) is 0 Å². The highest BCUT2D eigenvalue weighted by atomic mass is 16.4. The SMILES string of the molecule is CCCCC(NC(=O)N(CC)c1ccc(C)cc1)C(=O)O. The van der Waals surface area contributed by atoms with Gasteiger partial charge in [-0.25, -0.2) is 9.59 Å². The summed E-state index contributed by atoms with van der Waals surface area (Å²) in [5, 5.41) is 11.8. The van der Waals surface area contributed by atoms with Crippen molar-refractivity contribution in [3.05, 3.63) is 29.8 Å². The zero-order valence-electron chi connectivity index (χ0n) is 12.9. The molecule has 0 saturated carbocycles. The second kappa shape index (κ2) is 8.29. The molecular weight excluding hydrogens is 268 g/mol. The van der Waals surface area contributed by atoms with E-state index in [0.29, 0.717) is 13.0 Å². The third kappa shape index (κ3) is 5.10. The molecule has 1 rings (SSSR count). The van der Waals surface area contributed by atoms with Crippen molar-refractivity contribution in [1.29, 1.82) is 0 Å². The van der Waals surface area contributed by atoms with Gasteiger partial charge in [0.1, 0.15) is 6.04 Å². The maximum atomic E-state index is 12.3. The monoisotopic (exact) mass is 292 g/mol. The van der Waals surface area contributed by atoms with Gasteiger partial charge in [-0.15, -0.1) is 0 Å². The molecular formula is C16H24N2O3. The maximum absolute atomic E-state index is 12.3. The summed E-state index contributed by atoms with van der Waals surface area (Å²) in [5.74, 6) is -0.989. The van der Waals surface area contributed by atoms with Crippen molar-refractivity contribution in [3.8, 4) is 0 Å². The molecule has 0 bridgehead atoms. The van der Waals surface area contributed by atoms with Gasteiger partial charge in [0.2, 0.25) is 0 Å². The van der Waals surface area contributed by atoms with Gasteiger partial charge in [-0.3, -0.25) is 4.90 Å². The summed E-state index contributed by atoms with van der Waals surface area (Å²) >= 11 is 0. The first-order chi connectivity index (χ1) is 9.99. The highest BCUT2D eigenvalue weighted by molar-refractivity contribution is 5.94. The quantitative estimate of drug-likeness (QED) is 0.811. The van der Waals surface area contributed by atoms with Crippen molar-refractivity contribution in [2.24, 2.45) is 0 Å². The predicted molar refractivity (Wildman–Crippen MR) is 83.7 cm³/mol. The third-order valence-corrected chi connectivity index (χ3v) is 3.35.